The quantitative estimate of drug-likeness (QED) is 0.906. The Bertz CT molecular complexity index is 415. The fourth-order valence-electron chi connectivity index (χ4n) is 1.15. The van der Waals surface area contributed by atoms with Gasteiger partial charge in [0.05, 0.1) is 0 Å². The summed E-state index contributed by atoms with van der Waals surface area (Å²) in [7, 11) is 0. The van der Waals surface area contributed by atoms with Crippen molar-refractivity contribution in [1.29, 1.82) is 0 Å². The molecule has 5 heteroatoms. The molecule has 0 aliphatic rings. The van der Waals surface area contributed by atoms with E-state index in [2.05, 4.69) is 21.2 Å². The number of benzene rings is 1. The van der Waals surface area contributed by atoms with Crippen molar-refractivity contribution < 1.29 is 13.9 Å². The van der Waals surface area contributed by atoms with E-state index in [-0.39, 0.29) is 12.4 Å². The molecule has 0 atom stereocenters. The van der Waals surface area contributed by atoms with Gasteiger partial charge in [0.25, 0.3) is 0 Å². The summed E-state index contributed by atoms with van der Waals surface area (Å²) in [6, 6.07) is 4.31. The molecular weight excluding hydrogens is 289 g/mol. The number of amides is 1. The smallest absolute Gasteiger partial charge is 0.407 e. The molecule has 0 aliphatic heterocycles. The first-order valence-corrected chi connectivity index (χ1v) is 5.98. The van der Waals surface area contributed by atoms with Crippen LogP contribution in [0.25, 0.3) is 0 Å². The molecule has 0 unspecified atom stereocenters. The van der Waals surface area contributed by atoms with Gasteiger partial charge in [-0.1, -0.05) is 22.0 Å². The van der Waals surface area contributed by atoms with Crippen molar-refractivity contribution in [2.45, 2.75) is 32.9 Å². The zero-order valence-corrected chi connectivity index (χ0v) is 11.6. The fourth-order valence-corrected chi connectivity index (χ4v) is 1.64. The minimum absolute atomic E-state index is 0.287. The highest BCUT2D eigenvalue weighted by Crippen LogP contribution is 2.17. The van der Waals surface area contributed by atoms with Gasteiger partial charge in [-0.15, -0.1) is 0 Å². The van der Waals surface area contributed by atoms with Crippen molar-refractivity contribution in [3.63, 3.8) is 0 Å². The van der Waals surface area contributed by atoms with Gasteiger partial charge in [-0.3, -0.25) is 0 Å². The van der Waals surface area contributed by atoms with Crippen molar-refractivity contribution in [3.05, 3.63) is 34.1 Å². The summed E-state index contributed by atoms with van der Waals surface area (Å²) in [5, 5.41) is 2.60. The van der Waals surface area contributed by atoms with Crippen molar-refractivity contribution in [1.82, 2.24) is 5.32 Å². The van der Waals surface area contributed by atoms with E-state index in [4.69, 9.17) is 4.74 Å². The second-order valence-electron chi connectivity index (χ2n) is 4.59. The van der Waals surface area contributed by atoms with Crippen molar-refractivity contribution in [3.8, 4) is 0 Å². The molecule has 0 spiro atoms. The lowest BCUT2D eigenvalue weighted by molar-refractivity contribution is 0.0523. The molecule has 1 aromatic rings. The Labute approximate surface area is 108 Å². The number of rotatable bonds is 2. The van der Waals surface area contributed by atoms with Gasteiger partial charge in [-0.25, -0.2) is 9.18 Å². The van der Waals surface area contributed by atoms with Crippen LogP contribution in [-0.4, -0.2) is 11.7 Å². The Morgan fingerprint density at radius 1 is 1.47 bits per heavy atom. The maximum Gasteiger partial charge on any atom is 0.407 e. The highest BCUT2D eigenvalue weighted by Gasteiger charge is 2.15. The van der Waals surface area contributed by atoms with Crippen molar-refractivity contribution in [2.75, 3.05) is 0 Å². The largest absolute Gasteiger partial charge is 0.444 e. The fraction of sp³-hybridized carbons (Fsp3) is 0.417. The molecule has 0 aromatic heterocycles. The predicted molar refractivity (Wildman–Crippen MR) is 67.2 cm³/mol. The number of hydrogen-bond donors (Lipinski definition) is 1. The molecule has 1 amide bonds. The predicted octanol–water partition coefficient (Wildman–Crippen LogP) is 3.61. The van der Waals surface area contributed by atoms with Gasteiger partial charge < -0.3 is 10.1 Å². The zero-order chi connectivity index (χ0) is 13.1. The Hall–Kier alpha value is -1.10. The molecule has 1 rings (SSSR count). The molecule has 17 heavy (non-hydrogen) atoms. The van der Waals surface area contributed by atoms with Gasteiger partial charge in [0.2, 0.25) is 0 Å². The van der Waals surface area contributed by atoms with E-state index in [1.165, 1.54) is 12.1 Å². The van der Waals surface area contributed by atoms with Crippen molar-refractivity contribution >= 4 is 22.0 Å². The summed E-state index contributed by atoms with van der Waals surface area (Å²) in [4.78, 5) is 11.4. The van der Waals surface area contributed by atoms with Crippen LogP contribution in [0.2, 0.25) is 0 Å². The average molecular weight is 304 g/mol. The topological polar surface area (TPSA) is 38.3 Å². The molecule has 0 fully saturated rings. The van der Waals surface area contributed by atoms with Crippen LogP contribution in [0.4, 0.5) is 9.18 Å². The van der Waals surface area contributed by atoms with Gasteiger partial charge in [0.1, 0.15) is 11.4 Å². The lowest BCUT2D eigenvalue weighted by Crippen LogP contribution is -2.32. The van der Waals surface area contributed by atoms with Gasteiger partial charge in [0, 0.05) is 11.0 Å². The Morgan fingerprint density at radius 3 is 2.65 bits per heavy atom. The SMILES string of the molecule is CC(C)(C)OC(=O)NCc1ccc(F)cc1Br. The molecule has 1 aromatic carbocycles. The van der Waals surface area contributed by atoms with E-state index in [0.717, 1.165) is 5.56 Å². The first-order chi connectivity index (χ1) is 7.78. The summed E-state index contributed by atoms with van der Waals surface area (Å²) in [5.41, 5.74) is 0.265. The van der Waals surface area contributed by atoms with E-state index in [0.29, 0.717) is 4.47 Å². The van der Waals surface area contributed by atoms with E-state index in [9.17, 15) is 9.18 Å². The van der Waals surface area contributed by atoms with Crippen LogP contribution >= 0.6 is 15.9 Å². The van der Waals surface area contributed by atoms with Crippen molar-refractivity contribution in [2.24, 2.45) is 0 Å². The second-order valence-corrected chi connectivity index (χ2v) is 5.45. The molecule has 0 heterocycles. The van der Waals surface area contributed by atoms with E-state index in [1.54, 1.807) is 26.8 Å². The second kappa shape index (κ2) is 5.49. The highest BCUT2D eigenvalue weighted by molar-refractivity contribution is 9.10. The van der Waals surface area contributed by atoms with Gasteiger partial charge in [0.15, 0.2) is 0 Å². The van der Waals surface area contributed by atoms with Gasteiger partial charge in [-0.2, -0.15) is 0 Å². The molecule has 94 valence electrons. The number of halogens is 2. The maximum atomic E-state index is 12.8. The molecular formula is C12H15BrFNO2. The zero-order valence-electron chi connectivity index (χ0n) is 10.0. The third-order valence-electron chi connectivity index (χ3n) is 1.84. The third-order valence-corrected chi connectivity index (χ3v) is 2.58. The summed E-state index contributed by atoms with van der Waals surface area (Å²) >= 11 is 3.23. The number of carbonyl (C=O) groups is 1. The molecule has 0 saturated heterocycles. The number of hydrogen-bond acceptors (Lipinski definition) is 2. The summed E-state index contributed by atoms with van der Waals surface area (Å²) in [6.45, 7) is 5.66. The minimum atomic E-state index is -0.524. The number of nitrogens with one attached hydrogen (secondary N) is 1. The molecule has 0 bridgehead atoms. The van der Waals surface area contributed by atoms with Crippen LogP contribution in [-0.2, 0) is 11.3 Å². The lowest BCUT2D eigenvalue weighted by atomic mass is 10.2. The first-order valence-electron chi connectivity index (χ1n) is 5.19. The molecule has 0 radical (unpaired) electrons. The van der Waals surface area contributed by atoms with Crippen LogP contribution in [0.1, 0.15) is 26.3 Å². The molecule has 0 aliphatic carbocycles. The van der Waals surface area contributed by atoms with Crippen LogP contribution < -0.4 is 5.32 Å². The monoisotopic (exact) mass is 303 g/mol. The summed E-state index contributed by atoms with van der Waals surface area (Å²) < 4.78 is 18.5. The van der Waals surface area contributed by atoms with Crippen LogP contribution in [0.5, 0.6) is 0 Å². The first kappa shape index (κ1) is 14.0. The van der Waals surface area contributed by atoms with Gasteiger partial charge in [-0.05, 0) is 38.5 Å². The highest BCUT2D eigenvalue weighted by atomic mass is 79.9. The number of ether oxygens (including phenoxy) is 1. The Kier molecular flexibility index (Phi) is 4.51. The third kappa shape index (κ3) is 5.17. The number of carbonyl (C=O) groups excluding carboxylic acids is 1. The maximum absolute atomic E-state index is 12.8. The van der Waals surface area contributed by atoms with Crippen LogP contribution in [0.3, 0.4) is 0 Å². The van der Waals surface area contributed by atoms with E-state index in [1.807, 2.05) is 0 Å². The minimum Gasteiger partial charge on any atom is -0.444 e. The normalized spacial score (nSPS) is 11.1. The van der Waals surface area contributed by atoms with Gasteiger partial charge >= 0.3 is 6.09 Å². The average Bonchev–Trinajstić information content (AvgIpc) is 2.13. The van der Waals surface area contributed by atoms with E-state index < -0.39 is 11.7 Å². The van der Waals surface area contributed by atoms with Crippen LogP contribution in [0.15, 0.2) is 22.7 Å². The Balaban J connectivity index is 2.53. The lowest BCUT2D eigenvalue weighted by Gasteiger charge is -2.19. The summed E-state index contributed by atoms with van der Waals surface area (Å²) in [5.74, 6) is -0.321. The van der Waals surface area contributed by atoms with Crippen LogP contribution in [0, 0.1) is 5.82 Å². The standard InChI is InChI=1S/C12H15BrFNO2/c1-12(2,3)17-11(16)15-7-8-4-5-9(14)6-10(8)13/h4-6H,7H2,1-3H3,(H,15,16). The molecule has 3 nitrogen and oxygen atoms in total. The summed E-state index contributed by atoms with van der Waals surface area (Å²) in [6.07, 6.45) is -0.492. The van der Waals surface area contributed by atoms with E-state index >= 15 is 0 Å². The molecule has 1 N–H and O–H groups in total. The Morgan fingerprint density at radius 2 is 2.12 bits per heavy atom. The number of alkyl carbamates (subject to hydrolysis) is 1. The molecule has 0 saturated carbocycles.